The smallest absolute Gasteiger partial charge is 0.254 e. The number of hydrogen-bond acceptors (Lipinski definition) is 3. The molecule has 2 heterocycles. The summed E-state index contributed by atoms with van der Waals surface area (Å²) in [5, 5.41) is 13.7. The summed E-state index contributed by atoms with van der Waals surface area (Å²) in [5.74, 6) is -0.578. The van der Waals surface area contributed by atoms with E-state index in [9.17, 15) is 9.90 Å². The Hall–Kier alpha value is -2.99. The normalized spacial score (nSPS) is 11.4. The molecule has 0 radical (unpaired) electrons. The highest BCUT2D eigenvalue weighted by Gasteiger charge is 2.24. The van der Waals surface area contributed by atoms with Crippen LogP contribution in [0.5, 0.6) is 5.75 Å². The molecule has 0 aliphatic carbocycles. The Bertz CT molecular complexity index is 1130. The number of amides is 1. The van der Waals surface area contributed by atoms with Crippen LogP contribution >= 0.6 is 11.6 Å². The number of phenols is 1. The molecule has 4 rings (SSSR count). The number of nitrogens with two attached hydrogens (primary N) is 1. The third kappa shape index (κ3) is 1.90. The molecule has 24 heavy (non-hydrogen) atoms. The summed E-state index contributed by atoms with van der Waals surface area (Å²) >= 11 is 6.26. The lowest BCUT2D eigenvalue weighted by Gasteiger charge is -2.04. The summed E-state index contributed by atoms with van der Waals surface area (Å²) in [7, 11) is 0. The number of carbonyl (C=O) groups excluding carboxylic acids is 1. The zero-order valence-electron chi connectivity index (χ0n) is 12.7. The van der Waals surface area contributed by atoms with E-state index in [1.54, 1.807) is 34.8 Å². The molecule has 120 valence electrons. The molecule has 0 atom stereocenters. The number of hydrogen-bond donors (Lipinski definition) is 3. The maximum atomic E-state index is 12.1. The number of carbonyl (C=O) groups is 1. The predicted octanol–water partition coefficient (Wildman–Crippen LogP) is 3.25. The first-order valence-corrected chi connectivity index (χ1v) is 7.64. The Labute approximate surface area is 141 Å². The predicted molar refractivity (Wildman–Crippen MR) is 92.4 cm³/mol. The van der Waals surface area contributed by atoms with E-state index in [2.05, 4.69) is 10.1 Å². The van der Waals surface area contributed by atoms with Gasteiger partial charge in [-0.05, 0) is 24.6 Å². The fourth-order valence-corrected chi connectivity index (χ4v) is 3.20. The van der Waals surface area contributed by atoms with Gasteiger partial charge in [-0.1, -0.05) is 35.9 Å². The fraction of sp³-hybridized carbons (Fsp3) is 0.0588. The van der Waals surface area contributed by atoms with Crippen molar-refractivity contribution in [2.75, 3.05) is 0 Å². The van der Waals surface area contributed by atoms with E-state index in [0.717, 1.165) is 5.56 Å². The van der Waals surface area contributed by atoms with Crippen LogP contribution in [-0.4, -0.2) is 25.6 Å². The van der Waals surface area contributed by atoms with E-state index in [1.807, 2.05) is 13.0 Å². The van der Waals surface area contributed by atoms with Crippen molar-refractivity contribution in [1.82, 2.24) is 14.6 Å². The quantitative estimate of drug-likeness (QED) is 0.522. The molecule has 0 aliphatic rings. The van der Waals surface area contributed by atoms with E-state index in [0.29, 0.717) is 33.0 Å². The van der Waals surface area contributed by atoms with Gasteiger partial charge in [-0.3, -0.25) is 9.89 Å². The maximum absolute atomic E-state index is 12.1. The summed E-state index contributed by atoms with van der Waals surface area (Å²) in [6.45, 7) is 1.90. The van der Waals surface area contributed by atoms with Crippen molar-refractivity contribution in [3.8, 4) is 17.0 Å². The number of halogens is 1. The Balaban J connectivity index is 2.17. The Kier molecular flexibility index (Phi) is 3.04. The minimum Gasteiger partial charge on any atom is -0.506 e. The second kappa shape index (κ2) is 5.01. The van der Waals surface area contributed by atoms with Gasteiger partial charge < -0.3 is 10.8 Å². The number of nitrogens with zero attached hydrogens (tertiary/aromatic N) is 2. The lowest BCUT2D eigenvalue weighted by Crippen LogP contribution is -2.12. The number of rotatable bonds is 2. The Morgan fingerprint density at radius 1 is 1.29 bits per heavy atom. The first-order valence-electron chi connectivity index (χ1n) is 7.26. The van der Waals surface area contributed by atoms with Gasteiger partial charge in [-0.2, -0.15) is 0 Å². The molecule has 0 spiro atoms. The van der Waals surface area contributed by atoms with Crippen LogP contribution in [-0.2, 0) is 0 Å². The Morgan fingerprint density at radius 3 is 2.75 bits per heavy atom. The third-order valence-electron chi connectivity index (χ3n) is 4.07. The van der Waals surface area contributed by atoms with Gasteiger partial charge >= 0.3 is 0 Å². The van der Waals surface area contributed by atoms with Gasteiger partial charge in [0.25, 0.3) is 5.91 Å². The van der Waals surface area contributed by atoms with E-state index in [-0.39, 0.29) is 11.3 Å². The van der Waals surface area contributed by atoms with Crippen LogP contribution in [0.25, 0.3) is 27.9 Å². The molecule has 0 aliphatic heterocycles. The van der Waals surface area contributed by atoms with Crippen LogP contribution in [0.2, 0.25) is 5.02 Å². The van der Waals surface area contributed by atoms with Gasteiger partial charge in [-0.25, -0.2) is 9.50 Å². The number of aryl methyl sites for hydroxylation is 1. The number of fused-ring (bicyclic) bond motifs is 3. The van der Waals surface area contributed by atoms with E-state index >= 15 is 0 Å². The number of nitrogens with one attached hydrogen (secondary N) is 1. The molecule has 2 aromatic carbocycles. The lowest BCUT2D eigenvalue weighted by atomic mass is 10.1. The minimum absolute atomic E-state index is 0.0439. The zero-order chi connectivity index (χ0) is 17.0. The zero-order valence-corrected chi connectivity index (χ0v) is 13.4. The summed E-state index contributed by atoms with van der Waals surface area (Å²) in [4.78, 5) is 16.5. The average molecular weight is 341 g/mol. The van der Waals surface area contributed by atoms with Crippen LogP contribution in [0.15, 0.2) is 36.4 Å². The molecule has 0 fully saturated rings. The highest BCUT2D eigenvalue weighted by atomic mass is 35.5. The molecule has 0 unspecified atom stereocenters. The van der Waals surface area contributed by atoms with E-state index in [1.165, 1.54) is 0 Å². The first-order chi connectivity index (χ1) is 11.5. The number of aromatic nitrogens is 3. The second-order valence-electron chi connectivity index (χ2n) is 5.58. The molecule has 0 bridgehead atoms. The average Bonchev–Trinajstić information content (AvgIpc) is 3.07. The van der Waals surface area contributed by atoms with Gasteiger partial charge in [0, 0.05) is 10.6 Å². The summed E-state index contributed by atoms with van der Waals surface area (Å²) in [6, 6.07) is 10.5. The van der Waals surface area contributed by atoms with Crippen molar-refractivity contribution in [3.63, 3.8) is 0 Å². The SMILES string of the molecule is Cc1ccc(O)c2nc3c(C(N)=O)c(-c4ccccc4Cl)[nH]n3c12. The van der Waals surface area contributed by atoms with E-state index in [4.69, 9.17) is 17.3 Å². The molecule has 1 amide bonds. The molecule has 0 saturated carbocycles. The van der Waals surface area contributed by atoms with Crippen molar-refractivity contribution in [1.29, 1.82) is 0 Å². The van der Waals surface area contributed by atoms with Crippen LogP contribution in [0.1, 0.15) is 15.9 Å². The largest absolute Gasteiger partial charge is 0.506 e. The van der Waals surface area contributed by atoms with Crippen molar-refractivity contribution in [2.24, 2.45) is 5.73 Å². The number of aromatic amines is 1. The summed E-state index contributed by atoms with van der Waals surface area (Å²) < 4.78 is 1.66. The lowest BCUT2D eigenvalue weighted by molar-refractivity contribution is 0.100. The first kappa shape index (κ1) is 14.6. The van der Waals surface area contributed by atoms with Gasteiger partial charge in [0.2, 0.25) is 0 Å². The minimum atomic E-state index is -0.622. The highest BCUT2D eigenvalue weighted by molar-refractivity contribution is 6.33. The molecular weight excluding hydrogens is 328 g/mol. The number of imidazole rings is 1. The third-order valence-corrected chi connectivity index (χ3v) is 4.40. The van der Waals surface area contributed by atoms with E-state index < -0.39 is 5.91 Å². The maximum Gasteiger partial charge on any atom is 0.254 e. The molecule has 4 N–H and O–H groups in total. The standard InChI is InChI=1S/C17H13ClN4O2/c1-8-6-7-11(23)14-15(8)22-17(20-14)12(16(19)24)13(21-22)9-4-2-3-5-10(9)18/h2-7,21,23H,1H3,(H2,19,24). The topological polar surface area (TPSA) is 96.4 Å². The molecule has 2 aromatic heterocycles. The fourth-order valence-electron chi connectivity index (χ4n) is 2.97. The van der Waals surface area contributed by atoms with Gasteiger partial charge in [0.15, 0.2) is 5.65 Å². The van der Waals surface area contributed by atoms with Crippen LogP contribution < -0.4 is 5.73 Å². The number of H-pyrrole nitrogens is 1. The molecule has 4 aromatic rings. The van der Waals surface area contributed by atoms with Crippen LogP contribution in [0.3, 0.4) is 0 Å². The number of primary amides is 1. The summed E-state index contributed by atoms with van der Waals surface area (Å²) in [5.41, 5.74) is 9.34. The van der Waals surface area contributed by atoms with Crippen molar-refractivity contribution < 1.29 is 9.90 Å². The molecule has 0 saturated heterocycles. The van der Waals surface area contributed by atoms with Crippen LogP contribution in [0, 0.1) is 6.92 Å². The van der Waals surface area contributed by atoms with Crippen molar-refractivity contribution in [3.05, 3.63) is 52.5 Å². The molecule has 7 heteroatoms. The highest BCUT2D eigenvalue weighted by Crippen LogP contribution is 2.35. The van der Waals surface area contributed by atoms with Gasteiger partial charge in [-0.15, -0.1) is 0 Å². The number of phenolic OH excluding ortho intramolecular Hbond substituents is 1. The van der Waals surface area contributed by atoms with Gasteiger partial charge in [0.05, 0.1) is 11.2 Å². The second-order valence-corrected chi connectivity index (χ2v) is 5.98. The molecule has 6 nitrogen and oxygen atoms in total. The van der Waals surface area contributed by atoms with Crippen molar-refractivity contribution >= 4 is 34.2 Å². The summed E-state index contributed by atoms with van der Waals surface area (Å²) in [6.07, 6.45) is 0. The van der Waals surface area contributed by atoms with Crippen molar-refractivity contribution in [2.45, 2.75) is 6.92 Å². The molecular formula is C17H13ClN4O2. The number of aromatic hydroxyl groups is 1. The van der Waals surface area contributed by atoms with Gasteiger partial charge in [0.1, 0.15) is 16.8 Å². The monoisotopic (exact) mass is 340 g/mol. The Morgan fingerprint density at radius 2 is 2.04 bits per heavy atom. The van der Waals surface area contributed by atoms with Crippen LogP contribution in [0.4, 0.5) is 0 Å². The number of benzene rings is 2.